The maximum atomic E-state index is 11.7. The van der Waals surface area contributed by atoms with Gasteiger partial charge >= 0.3 is 0 Å². The standard InChI is InChI=1S/C12H20N4O/c1-9(2)8-16-6-5-14-10(16)7-15-11(17)12(13)3-4-12/h5-6,9H,3-4,7-8,13H2,1-2H3,(H,15,17). The van der Waals surface area contributed by atoms with Crippen molar-refractivity contribution in [3.05, 3.63) is 18.2 Å². The lowest BCUT2D eigenvalue weighted by molar-refractivity contribution is -0.123. The van der Waals surface area contributed by atoms with Crippen LogP contribution in [0.15, 0.2) is 12.4 Å². The zero-order chi connectivity index (χ0) is 12.5. The number of carbonyl (C=O) groups is 1. The van der Waals surface area contributed by atoms with E-state index in [1.54, 1.807) is 6.20 Å². The fourth-order valence-corrected chi connectivity index (χ4v) is 1.76. The van der Waals surface area contributed by atoms with E-state index < -0.39 is 5.54 Å². The van der Waals surface area contributed by atoms with E-state index in [9.17, 15) is 4.79 Å². The Kier molecular flexibility index (Phi) is 3.19. The van der Waals surface area contributed by atoms with Gasteiger partial charge in [-0.2, -0.15) is 0 Å². The van der Waals surface area contributed by atoms with Crippen LogP contribution >= 0.6 is 0 Å². The van der Waals surface area contributed by atoms with Gasteiger partial charge in [0.25, 0.3) is 0 Å². The second-order valence-electron chi connectivity index (χ2n) is 5.23. The fraction of sp³-hybridized carbons (Fsp3) is 0.667. The second-order valence-corrected chi connectivity index (χ2v) is 5.23. The third kappa shape index (κ3) is 2.85. The van der Waals surface area contributed by atoms with Gasteiger partial charge in [-0.25, -0.2) is 4.98 Å². The lowest BCUT2D eigenvalue weighted by Gasteiger charge is -2.12. The molecule has 1 aliphatic carbocycles. The van der Waals surface area contributed by atoms with Gasteiger partial charge in [-0.15, -0.1) is 0 Å². The second kappa shape index (κ2) is 4.49. The molecule has 5 heteroatoms. The summed E-state index contributed by atoms with van der Waals surface area (Å²) in [5.41, 5.74) is 5.21. The number of nitrogens with one attached hydrogen (secondary N) is 1. The molecule has 1 amide bonds. The minimum absolute atomic E-state index is 0.0587. The normalized spacial score (nSPS) is 17.2. The molecule has 5 nitrogen and oxygen atoms in total. The van der Waals surface area contributed by atoms with E-state index in [4.69, 9.17) is 5.73 Å². The Morgan fingerprint density at radius 1 is 1.65 bits per heavy atom. The van der Waals surface area contributed by atoms with Gasteiger partial charge in [0.15, 0.2) is 0 Å². The van der Waals surface area contributed by atoms with Gasteiger partial charge in [-0.1, -0.05) is 13.8 Å². The molecule has 0 saturated heterocycles. The van der Waals surface area contributed by atoms with Crippen LogP contribution < -0.4 is 11.1 Å². The summed E-state index contributed by atoms with van der Waals surface area (Å²) >= 11 is 0. The van der Waals surface area contributed by atoms with Crippen LogP contribution in [0.3, 0.4) is 0 Å². The average Bonchev–Trinajstić information content (AvgIpc) is 2.87. The summed E-state index contributed by atoms with van der Waals surface area (Å²) in [4.78, 5) is 15.9. The summed E-state index contributed by atoms with van der Waals surface area (Å²) in [7, 11) is 0. The molecule has 3 N–H and O–H groups in total. The van der Waals surface area contributed by atoms with Crippen LogP contribution in [0.25, 0.3) is 0 Å². The van der Waals surface area contributed by atoms with Crippen molar-refractivity contribution in [1.82, 2.24) is 14.9 Å². The van der Waals surface area contributed by atoms with E-state index in [0.717, 1.165) is 25.2 Å². The van der Waals surface area contributed by atoms with Crippen molar-refractivity contribution in [2.24, 2.45) is 11.7 Å². The molecule has 2 rings (SSSR count). The van der Waals surface area contributed by atoms with Crippen LogP contribution in [-0.2, 0) is 17.9 Å². The van der Waals surface area contributed by atoms with Crippen molar-refractivity contribution in [3.63, 3.8) is 0 Å². The van der Waals surface area contributed by atoms with Crippen molar-refractivity contribution in [2.75, 3.05) is 0 Å². The number of rotatable bonds is 5. The van der Waals surface area contributed by atoms with E-state index in [-0.39, 0.29) is 5.91 Å². The van der Waals surface area contributed by atoms with Crippen molar-refractivity contribution in [2.45, 2.75) is 45.3 Å². The highest BCUT2D eigenvalue weighted by Crippen LogP contribution is 2.32. The van der Waals surface area contributed by atoms with E-state index in [0.29, 0.717) is 12.5 Å². The number of aromatic nitrogens is 2. The molecule has 1 aromatic heterocycles. The summed E-state index contributed by atoms with van der Waals surface area (Å²) in [6.45, 7) is 5.68. The molecule has 1 heterocycles. The largest absolute Gasteiger partial charge is 0.347 e. The number of imidazole rings is 1. The lowest BCUT2D eigenvalue weighted by Crippen LogP contribution is -2.42. The highest BCUT2D eigenvalue weighted by molar-refractivity contribution is 5.88. The van der Waals surface area contributed by atoms with Gasteiger partial charge in [0.05, 0.1) is 12.1 Å². The van der Waals surface area contributed by atoms with Crippen LogP contribution in [-0.4, -0.2) is 21.0 Å². The predicted molar refractivity (Wildman–Crippen MR) is 65.1 cm³/mol. The van der Waals surface area contributed by atoms with Crippen LogP contribution in [0.4, 0.5) is 0 Å². The number of nitrogens with two attached hydrogens (primary N) is 1. The van der Waals surface area contributed by atoms with Gasteiger partial charge in [0, 0.05) is 18.9 Å². The molecular formula is C12H20N4O. The molecule has 1 saturated carbocycles. The molecule has 1 aromatic rings. The quantitative estimate of drug-likeness (QED) is 0.788. The minimum atomic E-state index is -0.602. The highest BCUT2D eigenvalue weighted by atomic mass is 16.2. The molecule has 0 radical (unpaired) electrons. The molecule has 17 heavy (non-hydrogen) atoms. The Labute approximate surface area is 101 Å². The zero-order valence-electron chi connectivity index (χ0n) is 10.4. The Bertz CT molecular complexity index is 406. The Morgan fingerprint density at radius 2 is 2.35 bits per heavy atom. The number of amides is 1. The number of hydrogen-bond acceptors (Lipinski definition) is 3. The summed E-state index contributed by atoms with van der Waals surface area (Å²) in [5, 5.41) is 2.85. The van der Waals surface area contributed by atoms with Crippen molar-refractivity contribution < 1.29 is 4.79 Å². The van der Waals surface area contributed by atoms with Crippen LogP contribution in [0, 0.1) is 5.92 Å². The van der Waals surface area contributed by atoms with Crippen LogP contribution in [0.1, 0.15) is 32.5 Å². The highest BCUT2D eigenvalue weighted by Gasteiger charge is 2.45. The minimum Gasteiger partial charge on any atom is -0.347 e. The lowest BCUT2D eigenvalue weighted by atomic mass is 10.2. The number of nitrogens with zero attached hydrogens (tertiary/aromatic N) is 2. The molecule has 0 aromatic carbocycles. The van der Waals surface area contributed by atoms with Crippen LogP contribution in [0.5, 0.6) is 0 Å². The average molecular weight is 236 g/mol. The predicted octanol–water partition coefficient (Wildman–Crippen LogP) is 0.647. The monoisotopic (exact) mass is 236 g/mol. The molecule has 0 aliphatic heterocycles. The van der Waals surface area contributed by atoms with E-state index in [1.165, 1.54) is 0 Å². The molecule has 0 unspecified atom stereocenters. The molecule has 0 spiro atoms. The molecule has 0 atom stereocenters. The zero-order valence-corrected chi connectivity index (χ0v) is 10.4. The van der Waals surface area contributed by atoms with Crippen molar-refractivity contribution in [1.29, 1.82) is 0 Å². The molecule has 0 bridgehead atoms. The van der Waals surface area contributed by atoms with Gasteiger partial charge < -0.3 is 15.6 Å². The van der Waals surface area contributed by atoms with Crippen LogP contribution in [0.2, 0.25) is 0 Å². The summed E-state index contributed by atoms with van der Waals surface area (Å²) in [6.07, 6.45) is 5.29. The molecule has 1 aliphatic rings. The van der Waals surface area contributed by atoms with Gasteiger partial charge in [-0.3, -0.25) is 4.79 Å². The topological polar surface area (TPSA) is 72.9 Å². The summed E-state index contributed by atoms with van der Waals surface area (Å²) in [5.74, 6) is 1.39. The van der Waals surface area contributed by atoms with Gasteiger partial charge in [-0.05, 0) is 18.8 Å². The third-order valence-electron chi connectivity index (χ3n) is 3.01. The summed E-state index contributed by atoms with van der Waals surface area (Å²) in [6, 6.07) is 0. The Hall–Kier alpha value is -1.36. The Balaban J connectivity index is 1.90. The first-order valence-corrected chi connectivity index (χ1v) is 6.08. The van der Waals surface area contributed by atoms with E-state index in [2.05, 4.69) is 28.7 Å². The van der Waals surface area contributed by atoms with Gasteiger partial charge in [0.2, 0.25) is 5.91 Å². The molecule has 94 valence electrons. The number of hydrogen-bond donors (Lipinski definition) is 2. The smallest absolute Gasteiger partial charge is 0.240 e. The van der Waals surface area contributed by atoms with E-state index >= 15 is 0 Å². The molecule has 1 fully saturated rings. The number of carbonyl (C=O) groups excluding carboxylic acids is 1. The van der Waals surface area contributed by atoms with Crippen molar-refractivity contribution in [3.8, 4) is 0 Å². The first-order chi connectivity index (χ1) is 8.01. The summed E-state index contributed by atoms with van der Waals surface area (Å²) < 4.78 is 2.07. The Morgan fingerprint density at radius 3 is 2.94 bits per heavy atom. The maximum absolute atomic E-state index is 11.7. The first-order valence-electron chi connectivity index (χ1n) is 6.08. The van der Waals surface area contributed by atoms with Crippen molar-refractivity contribution >= 4 is 5.91 Å². The molecular weight excluding hydrogens is 216 g/mol. The first kappa shape index (κ1) is 12.1. The fourth-order valence-electron chi connectivity index (χ4n) is 1.76. The maximum Gasteiger partial charge on any atom is 0.240 e. The van der Waals surface area contributed by atoms with E-state index in [1.807, 2.05) is 6.20 Å². The third-order valence-corrected chi connectivity index (χ3v) is 3.01. The van der Waals surface area contributed by atoms with Gasteiger partial charge in [0.1, 0.15) is 5.82 Å². The SMILES string of the molecule is CC(C)Cn1ccnc1CNC(=O)C1(N)CC1.